The zero-order chi connectivity index (χ0) is 55.3. The second kappa shape index (κ2) is 23.8. The Bertz CT molecular complexity index is 4010. The molecule has 0 spiro atoms. The van der Waals surface area contributed by atoms with Crippen LogP contribution in [-0.2, 0) is 38.8 Å². The van der Waals surface area contributed by atoms with Crippen molar-refractivity contribution in [2.45, 2.75) is 38.8 Å². The van der Waals surface area contributed by atoms with Crippen molar-refractivity contribution in [3.63, 3.8) is 0 Å². The van der Waals surface area contributed by atoms with Crippen LogP contribution < -0.4 is 25.9 Å². The average Bonchev–Trinajstić information content (AvgIpc) is 4.34. The number of hydrogen-bond donors (Lipinski definition) is 2. The predicted octanol–water partition coefficient (Wildman–Crippen LogP) is 11.0. The molecule has 0 radical (unpaired) electrons. The smallest absolute Gasteiger partial charge is 0.335 e. The third kappa shape index (κ3) is 11.4. The number of carboxylic acid groups (broad SMARTS) is 1. The van der Waals surface area contributed by atoms with Crippen molar-refractivity contribution in [2.75, 3.05) is 27.3 Å². The summed E-state index contributed by atoms with van der Waals surface area (Å²) in [4.78, 5) is 53.1. The van der Waals surface area contributed by atoms with E-state index in [-0.39, 0.29) is 34.2 Å². The van der Waals surface area contributed by atoms with Crippen LogP contribution in [-0.4, -0.2) is 77.6 Å². The number of carboxylic acids is 1. The highest BCUT2D eigenvalue weighted by atomic mass is 35.5. The molecule has 0 fully saturated rings. The number of nitrogens with one attached hydrogen (secondary N) is 1. The number of nitrogens with zero attached hydrogens (tertiary/aromatic N) is 7. The van der Waals surface area contributed by atoms with Gasteiger partial charge in [-0.25, -0.2) is 13.8 Å². The van der Waals surface area contributed by atoms with Crippen molar-refractivity contribution in [1.29, 1.82) is 0 Å². The number of aromatic nitrogens is 6. The van der Waals surface area contributed by atoms with Gasteiger partial charge in [-0.05, 0) is 115 Å². The van der Waals surface area contributed by atoms with Crippen molar-refractivity contribution in [3.8, 4) is 22.9 Å². The first-order chi connectivity index (χ1) is 38.3. The molecule has 0 saturated carbocycles. The molecular weight excluding hydrogens is 1090 g/mol. The van der Waals surface area contributed by atoms with Crippen LogP contribution in [0.3, 0.4) is 0 Å². The third-order valence-electron chi connectivity index (χ3n) is 13.8. The second-order valence-electron chi connectivity index (χ2n) is 18.6. The van der Waals surface area contributed by atoms with Crippen molar-refractivity contribution in [2.24, 2.45) is 0 Å². The van der Waals surface area contributed by atoms with Crippen LogP contribution in [0.15, 0.2) is 168 Å². The highest BCUT2D eigenvalue weighted by molar-refractivity contribution is 6.42. The number of ether oxygens (including phenoxy) is 2. The molecule has 10 aromatic rings. The Labute approximate surface area is 473 Å². The Morgan fingerprint density at radius 1 is 0.582 bits per heavy atom. The first-order valence-corrected chi connectivity index (χ1v) is 26.6. The Balaban J connectivity index is 0.000000154. The van der Waals surface area contributed by atoms with Gasteiger partial charge in [-0.3, -0.25) is 23.5 Å². The fourth-order valence-electron chi connectivity index (χ4n) is 9.80. The Hall–Kier alpha value is -8.18. The minimum absolute atomic E-state index is 0.0361. The van der Waals surface area contributed by atoms with E-state index in [1.54, 1.807) is 46.5 Å². The molecule has 79 heavy (non-hydrogen) atoms. The van der Waals surface area contributed by atoms with E-state index in [1.165, 1.54) is 23.8 Å². The Morgan fingerprint density at radius 3 is 1.53 bits per heavy atom. The van der Waals surface area contributed by atoms with E-state index >= 15 is 0 Å². The average molecular weight is 1140 g/mol. The molecule has 0 aliphatic carbocycles. The molecule has 400 valence electrons. The molecular formula is C60H50Cl4N8O7. The molecule has 19 heteroatoms. The molecule has 4 aromatic heterocycles. The molecule has 12 rings (SSSR count). The van der Waals surface area contributed by atoms with Gasteiger partial charge in [-0.1, -0.05) is 107 Å². The van der Waals surface area contributed by atoms with Crippen LogP contribution in [0.2, 0.25) is 20.1 Å². The van der Waals surface area contributed by atoms with Crippen molar-refractivity contribution in [3.05, 3.63) is 255 Å². The zero-order valence-electron chi connectivity index (χ0n) is 42.7. The van der Waals surface area contributed by atoms with Crippen LogP contribution in [0.1, 0.15) is 65.5 Å². The van der Waals surface area contributed by atoms with E-state index in [0.717, 1.165) is 57.3 Å². The minimum Gasteiger partial charge on any atom is -0.497 e. The lowest BCUT2D eigenvalue weighted by Crippen LogP contribution is -2.41. The molecule has 1 amide bonds. The number of benzene rings is 6. The van der Waals surface area contributed by atoms with Gasteiger partial charge in [0.1, 0.15) is 22.8 Å². The number of methoxy groups -OCH3 is 2. The fraction of sp³-hybridized carbons (Fsp3) is 0.167. The van der Waals surface area contributed by atoms with Gasteiger partial charge in [-0.15, -0.1) is 0 Å². The number of halogens is 4. The van der Waals surface area contributed by atoms with Gasteiger partial charge >= 0.3 is 5.97 Å². The first kappa shape index (κ1) is 54.2. The van der Waals surface area contributed by atoms with Crippen LogP contribution in [0.4, 0.5) is 0 Å². The van der Waals surface area contributed by atoms with Gasteiger partial charge in [0.25, 0.3) is 17.0 Å². The van der Waals surface area contributed by atoms with Gasteiger partial charge in [0, 0.05) is 53.7 Å². The maximum absolute atomic E-state index is 14.1. The van der Waals surface area contributed by atoms with E-state index in [9.17, 15) is 19.2 Å². The summed E-state index contributed by atoms with van der Waals surface area (Å²) in [6, 6.07) is 44.4. The lowest BCUT2D eigenvalue weighted by Gasteiger charge is -2.29. The number of fused-ring (bicyclic) bond motifs is 6. The van der Waals surface area contributed by atoms with Gasteiger partial charge < -0.3 is 24.8 Å². The lowest BCUT2D eigenvalue weighted by molar-refractivity contribution is 0.0694. The van der Waals surface area contributed by atoms with Gasteiger partial charge in [0.05, 0.1) is 81.6 Å². The summed E-state index contributed by atoms with van der Waals surface area (Å²) in [5, 5.41) is 22.6. The molecule has 2 aliphatic rings. The monoisotopic (exact) mass is 1130 g/mol. The number of aromatic carboxylic acids is 1. The molecule has 6 aromatic carbocycles. The van der Waals surface area contributed by atoms with E-state index in [2.05, 4.69) is 34.7 Å². The SMILES string of the molecule is COc1ccc(-n2c(=O)c3c(n4ncc(Cc5ccccc5)c24)CN(C(=O)c2ccc(Cl)c(Cl)c2)CC3)cc1.COc1ccc(-n2c(=O)c3c(n4ncc(Cc5ccccc5)c24)CNCC3)cc1.O=C(O)c1ccc(Cl)c(Cl)c1. The number of rotatable bonds is 10. The van der Waals surface area contributed by atoms with Gasteiger partial charge in [0.15, 0.2) is 0 Å². The van der Waals surface area contributed by atoms with E-state index in [0.29, 0.717) is 82.1 Å². The lowest BCUT2D eigenvalue weighted by atomic mass is 10.0. The highest BCUT2D eigenvalue weighted by Crippen LogP contribution is 2.29. The van der Waals surface area contributed by atoms with E-state index in [4.69, 9.17) is 66.1 Å². The third-order valence-corrected chi connectivity index (χ3v) is 15.2. The molecule has 6 heterocycles. The van der Waals surface area contributed by atoms with Crippen LogP contribution >= 0.6 is 46.4 Å². The van der Waals surface area contributed by atoms with Crippen molar-refractivity contribution < 1.29 is 24.2 Å². The number of hydrogen-bond acceptors (Lipinski definition) is 9. The normalized spacial score (nSPS) is 12.7. The summed E-state index contributed by atoms with van der Waals surface area (Å²) in [6.07, 6.45) is 6.12. The van der Waals surface area contributed by atoms with Crippen LogP contribution in [0.5, 0.6) is 11.5 Å². The molecule has 0 bridgehead atoms. The van der Waals surface area contributed by atoms with Gasteiger partial charge in [0.2, 0.25) is 0 Å². The summed E-state index contributed by atoms with van der Waals surface area (Å²) in [6.45, 7) is 2.09. The molecule has 15 nitrogen and oxygen atoms in total. The molecule has 2 N–H and O–H groups in total. The number of carbonyl (C=O) groups excluding carboxylic acids is 1. The molecule has 0 unspecified atom stereocenters. The Kier molecular flexibility index (Phi) is 16.3. The molecule has 0 saturated heterocycles. The van der Waals surface area contributed by atoms with Crippen molar-refractivity contribution in [1.82, 2.24) is 38.6 Å². The Morgan fingerprint density at radius 2 is 1.05 bits per heavy atom. The fourth-order valence-corrected chi connectivity index (χ4v) is 10.4. The van der Waals surface area contributed by atoms with E-state index < -0.39 is 5.97 Å². The van der Waals surface area contributed by atoms with Crippen molar-refractivity contribution >= 4 is 69.6 Å². The minimum atomic E-state index is -1.01. The van der Waals surface area contributed by atoms with Crippen LogP contribution in [0.25, 0.3) is 22.7 Å². The van der Waals surface area contributed by atoms with Crippen LogP contribution in [0, 0.1) is 0 Å². The summed E-state index contributed by atoms with van der Waals surface area (Å²) in [7, 11) is 3.25. The summed E-state index contributed by atoms with van der Waals surface area (Å²) in [5.74, 6) is 0.278. The summed E-state index contributed by atoms with van der Waals surface area (Å²) < 4.78 is 17.9. The quantitative estimate of drug-likeness (QED) is 0.135. The first-order valence-electron chi connectivity index (χ1n) is 25.1. The summed E-state index contributed by atoms with van der Waals surface area (Å²) >= 11 is 23.3. The zero-order valence-corrected chi connectivity index (χ0v) is 45.7. The van der Waals surface area contributed by atoms with Gasteiger partial charge in [-0.2, -0.15) is 10.2 Å². The molecule has 2 aliphatic heterocycles. The van der Waals surface area contributed by atoms with E-state index in [1.807, 2.05) is 106 Å². The topological polar surface area (TPSA) is 167 Å². The standard InChI is InChI=1S/C30H24Cl2N4O3.C23H22N4O2.C7H4Cl2O2/c1-39-23-10-8-22(9-11-23)35-28-21(15-19-5-3-2-4-6-19)17-33-36(28)27-18-34(14-13-24(27)30(35)38)29(37)20-7-12-25(31)26(32)16-20;1-29-19-9-7-18(8-10-19)26-22-17(13-16-5-3-2-4-6-16)14-25-27(22)21-15-24-12-11-20(21)23(26)28;8-5-2-1-4(7(10)11)3-6(5)9/h2-12,16-17H,13-15,18H2,1H3;2-10,14,24H,11-13,15H2,1H3;1-3H,(H,10,11). The number of carbonyl (C=O) groups is 2. The largest absolute Gasteiger partial charge is 0.497 e. The predicted molar refractivity (Wildman–Crippen MR) is 307 cm³/mol. The number of amides is 1. The second-order valence-corrected chi connectivity index (χ2v) is 20.3. The molecule has 0 atom stereocenters. The summed E-state index contributed by atoms with van der Waals surface area (Å²) in [5.41, 5.74) is 10.9. The highest BCUT2D eigenvalue weighted by Gasteiger charge is 2.30. The maximum atomic E-state index is 14.1. The maximum Gasteiger partial charge on any atom is 0.335 e.